The van der Waals surface area contributed by atoms with Crippen molar-refractivity contribution in [2.45, 2.75) is 0 Å². The predicted octanol–water partition coefficient (Wildman–Crippen LogP) is 2.72. The summed E-state index contributed by atoms with van der Waals surface area (Å²) in [6.45, 7) is -0.423. The molecule has 0 aliphatic carbocycles. The van der Waals surface area contributed by atoms with Gasteiger partial charge < -0.3 is 14.8 Å². The van der Waals surface area contributed by atoms with Crippen LogP contribution in [0.4, 0.5) is 5.69 Å². The Bertz CT molecular complexity index is 943. The lowest BCUT2D eigenvalue weighted by atomic mass is 10.2. The SMILES string of the molecule is COc1ccc(NC(=O)COC(=O)c2ccc(-n3cncn3)cc2)cc1Cl. The monoisotopic (exact) mass is 386 g/mol. The lowest BCUT2D eigenvalue weighted by Gasteiger charge is -2.09. The number of rotatable bonds is 6. The number of ether oxygens (including phenoxy) is 2. The molecule has 3 rings (SSSR count). The summed E-state index contributed by atoms with van der Waals surface area (Å²) in [6, 6.07) is 11.4. The lowest BCUT2D eigenvalue weighted by molar-refractivity contribution is -0.119. The van der Waals surface area contributed by atoms with Crippen LogP contribution in [0.5, 0.6) is 5.75 Å². The van der Waals surface area contributed by atoms with E-state index in [4.69, 9.17) is 21.1 Å². The average Bonchev–Trinajstić information content (AvgIpc) is 3.21. The molecule has 0 saturated heterocycles. The number of hydrogen-bond acceptors (Lipinski definition) is 6. The number of hydrogen-bond donors (Lipinski definition) is 1. The van der Waals surface area contributed by atoms with Gasteiger partial charge in [-0.25, -0.2) is 14.5 Å². The Balaban J connectivity index is 1.54. The van der Waals surface area contributed by atoms with Crippen molar-refractivity contribution in [2.75, 3.05) is 19.0 Å². The Morgan fingerprint density at radius 3 is 2.59 bits per heavy atom. The van der Waals surface area contributed by atoms with Crippen LogP contribution in [0.15, 0.2) is 55.1 Å². The first-order chi connectivity index (χ1) is 13.1. The van der Waals surface area contributed by atoms with Crippen molar-refractivity contribution in [3.8, 4) is 11.4 Å². The lowest BCUT2D eigenvalue weighted by Crippen LogP contribution is -2.21. The fourth-order valence-electron chi connectivity index (χ4n) is 2.25. The van der Waals surface area contributed by atoms with Crippen LogP contribution in [-0.2, 0) is 9.53 Å². The molecule has 3 aromatic rings. The van der Waals surface area contributed by atoms with E-state index in [1.807, 2.05) is 0 Å². The van der Waals surface area contributed by atoms with Crippen LogP contribution in [0.3, 0.4) is 0 Å². The van der Waals surface area contributed by atoms with E-state index in [9.17, 15) is 9.59 Å². The second-order valence-electron chi connectivity index (χ2n) is 5.36. The van der Waals surface area contributed by atoms with Gasteiger partial charge in [0, 0.05) is 5.69 Å². The summed E-state index contributed by atoms with van der Waals surface area (Å²) in [5.74, 6) is -0.595. The van der Waals surface area contributed by atoms with Gasteiger partial charge in [-0.1, -0.05) is 11.6 Å². The second kappa shape index (κ2) is 8.33. The number of carbonyl (C=O) groups is 2. The van der Waals surface area contributed by atoms with Gasteiger partial charge in [0.05, 0.1) is 23.4 Å². The van der Waals surface area contributed by atoms with Gasteiger partial charge in [0.25, 0.3) is 5.91 Å². The molecule has 0 unspecified atom stereocenters. The van der Waals surface area contributed by atoms with Crippen LogP contribution in [0.1, 0.15) is 10.4 Å². The number of halogens is 1. The third-order valence-corrected chi connectivity index (χ3v) is 3.85. The summed E-state index contributed by atoms with van der Waals surface area (Å²) in [5, 5.41) is 6.95. The highest BCUT2D eigenvalue weighted by Gasteiger charge is 2.11. The maximum absolute atomic E-state index is 12.1. The van der Waals surface area contributed by atoms with Gasteiger partial charge in [0.15, 0.2) is 6.61 Å². The summed E-state index contributed by atoms with van der Waals surface area (Å²) < 4.78 is 11.6. The van der Waals surface area contributed by atoms with Gasteiger partial charge in [0.1, 0.15) is 18.4 Å². The van der Waals surface area contributed by atoms with Gasteiger partial charge in [-0.2, -0.15) is 5.10 Å². The number of amides is 1. The van der Waals surface area contributed by atoms with E-state index in [1.165, 1.54) is 13.4 Å². The van der Waals surface area contributed by atoms with Gasteiger partial charge in [-0.3, -0.25) is 4.79 Å². The molecule has 0 aliphatic rings. The minimum absolute atomic E-state index is 0.319. The summed E-state index contributed by atoms with van der Waals surface area (Å²) in [4.78, 5) is 27.9. The Kier molecular flexibility index (Phi) is 5.68. The molecule has 0 spiro atoms. The van der Waals surface area contributed by atoms with Gasteiger partial charge in [-0.15, -0.1) is 0 Å². The molecule has 0 saturated carbocycles. The molecule has 8 nitrogen and oxygen atoms in total. The number of carbonyl (C=O) groups excluding carboxylic acids is 2. The van der Waals surface area contributed by atoms with E-state index in [2.05, 4.69) is 15.4 Å². The normalized spacial score (nSPS) is 10.3. The first-order valence-electron chi connectivity index (χ1n) is 7.82. The van der Waals surface area contributed by atoms with Crippen LogP contribution in [0.2, 0.25) is 5.02 Å². The minimum Gasteiger partial charge on any atom is -0.495 e. The Hall–Kier alpha value is -3.39. The Morgan fingerprint density at radius 1 is 1.19 bits per heavy atom. The van der Waals surface area contributed by atoms with Crippen molar-refractivity contribution < 1.29 is 19.1 Å². The Labute approximate surface area is 159 Å². The molecule has 1 N–H and O–H groups in total. The van der Waals surface area contributed by atoms with Crippen LogP contribution in [-0.4, -0.2) is 40.4 Å². The predicted molar refractivity (Wildman–Crippen MR) is 98.3 cm³/mol. The van der Waals surface area contributed by atoms with Gasteiger partial charge in [-0.05, 0) is 42.5 Å². The molecule has 0 bridgehead atoms. The molecule has 0 aliphatic heterocycles. The molecule has 2 aromatic carbocycles. The molecule has 138 valence electrons. The van der Waals surface area contributed by atoms with Gasteiger partial charge >= 0.3 is 5.97 Å². The molecule has 1 aromatic heterocycles. The highest BCUT2D eigenvalue weighted by atomic mass is 35.5. The molecular weight excluding hydrogens is 372 g/mol. The van der Waals surface area contributed by atoms with Crippen LogP contribution < -0.4 is 10.1 Å². The largest absolute Gasteiger partial charge is 0.495 e. The Morgan fingerprint density at radius 2 is 1.96 bits per heavy atom. The first-order valence-corrected chi connectivity index (χ1v) is 8.20. The number of esters is 1. The zero-order valence-corrected chi connectivity index (χ0v) is 15.0. The maximum atomic E-state index is 12.1. The van der Waals surface area contributed by atoms with E-state index < -0.39 is 18.5 Å². The standard InChI is InChI=1S/C18H15ClN4O4/c1-26-16-7-4-13(8-15(16)19)22-17(24)9-27-18(25)12-2-5-14(6-3-12)23-11-20-10-21-23/h2-8,10-11H,9H2,1H3,(H,22,24). The fourth-order valence-corrected chi connectivity index (χ4v) is 2.51. The molecule has 9 heteroatoms. The maximum Gasteiger partial charge on any atom is 0.338 e. The highest BCUT2D eigenvalue weighted by molar-refractivity contribution is 6.32. The number of methoxy groups -OCH3 is 1. The molecule has 1 amide bonds. The quantitative estimate of drug-likeness (QED) is 0.654. The molecule has 1 heterocycles. The highest BCUT2D eigenvalue weighted by Crippen LogP contribution is 2.27. The topological polar surface area (TPSA) is 95.3 Å². The van der Waals surface area contributed by atoms with Crippen molar-refractivity contribution in [1.29, 1.82) is 0 Å². The smallest absolute Gasteiger partial charge is 0.338 e. The fraction of sp³-hybridized carbons (Fsp3) is 0.111. The van der Waals surface area contributed by atoms with E-state index >= 15 is 0 Å². The number of benzene rings is 2. The summed E-state index contributed by atoms with van der Waals surface area (Å²) in [5.41, 5.74) is 1.54. The molecule has 0 radical (unpaired) electrons. The molecule has 27 heavy (non-hydrogen) atoms. The third-order valence-electron chi connectivity index (χ3n) is 3.56. The van der Waals surface area contributed by atoms with Gasteiger partial charge in [0.2, 0.25) is 0 Å². The van der Waals surface area contributed by atoms with E-state index in [1.54, 1.807) is 53.5 Å². The van der Waals surface area contributed by atoms with Crippen molar-refractivity contribution in [3.63, 3.8) is 0 Å². The van der Waals surface area contributed by atoms with Crippen molar-refractivity contribution in [3.05, 3.63) is 65.7 Å². The zero-order valence-electron chi connectivity index (χ0n) is 14.3. The molecule has 0 atom stereocenters. The second-order valence-corrected chi connectivity index (χ2v) is 5.77. The van der Waals surface area contributed by atoms with Crippen LogP contribution in [0, 0.1) is 0 Å². The van der Waals surface area contributed by atoms with Crippen molar-refractivity contribution in [1.82, 2.24) is 14.8 Å². The summed E-state index contributed by atoms with van der Waals surface area (Å²) in [7, 11) is 1.50. The van der Waals surface area contributed by atoms with E-state index in [0.717, 1.165) is 5.69 Å². The van der Waals surface area contributed by atoms with E-state index in [-0.39, 0.29) is 0 Å². The number of nitrogens with one attached hydrogen (secondary N) is 1. The van der Waals surface area contributed by atoms with Crippen LogP contribution >= 0.6 is 11.6 Å². The third kappa shape index (κ3) is 4.62. The minimum atomic E-state index is -0.608. The summed E-state index contributed by atoms with van der Waals surface area (Å²) in [6.07, 6.45) is 2.96. The number of anilines is 1. The average molecular weight is 387 g/mol. The van der Waals surface area contributed by atoms with Crippen molar-refractivity contribution in [2.24, 2.45) is 0 Å². The number of nitrogens with zero attached hydrogens (tertiary/aromatic N) is 3. The molecule has 0 fully saturated rings. The molecular formula is C18H15ClN4O4. The first kappa shape index (κ1) is 18.4. The van der Waals surface area contributed by atoms with Crippen LogP contribution in [0.25, 0.3) is 5.69 Å². The zero-order chi connectivity index (χ0) is 19.2. The number of aromatic nitrogens is 3. The summed E-state index contributed by atoms with van der Waals surface area (Å²) >= 11 is 6.00. The van der Waals surface area contributed by atoms with E-state index in [0.29, 0.717) is 22.0 Å². The van der Waals surface area contributed by atoms with Crippen molar-refractivity contribution >= 4 is 29.2 Å².